The Morgan fingerprint density at radius 3 is 2.20 bits per heavy atom. The van der Waals surface area contributed by atoms with Gasteiger partial charge in [0.25, 0.3) is 0 Å². The van der Waals surface area contributed by atoms with Crippen LogP contribution in [0.5, 0.6) is 0 Å². The second-order valence-corrected chi connectivity index (χ2v) is 12.7. The standard InChI is InChI=1S/C45H26N4OS/c1-3-12-27(13-4-1)30-18-11-20-37-40(30)35-23-22-29(26-38(35)50-37)44-46-43(28-14-5-2-6-15-28)47-45(48-44)49-36-19-9-7-16-31(36)33-24-25-34-32-17-8-10-21-39(32)51-42(34)41(33)49/h1-26H/i1D,3D,4D,7D,8D,9D,10D,12D,13D,16D,17D,19D,21D,24D,25D. The molecule has 0 saturated heterocycles. The molecule has 0 atom stereocenters. The summed E-state index contributed by atoms with van der Waals surface area (Å²) in [7, 11) is 0. The van der Waals surface area contributed by atoms with Gasteiger partial charge in [0, 0.05) is 48.1 Å². The topological polar surface area (TPSA) is 56.7 Å². The quantitative estimate of drug-likeness (QED) is 0.185. The Hall–Kier alpha value is -6.63. The Balaban J connectivity index is 1.25. The average Bonchev–Trinajstić information content (AvgIpc) is 4.03. The summed E-state index contributed by atoms with van der Waals surface area (Å²) in [5.41, 5.74) is 2.02. The van der Waals surface area contributed by atoms with E-state index in [4.69, 9.17) is 35.8 Å². The molecule has 6 heteroatoms. The van der Waals surface area contributed by atoms with Gasteiger partial charge in [-0.25, -0.2) is 4.98 Å². The normalized spacial score (nSPS) is 16.0. The molecule has 11 rings (SSSR count). The number of thiophene rings is 1. The summed E-state index contributed by atoms with van der Waals surface area (Å²) < 4.78 is 139. The molecule has 0 aliphatic carbocycles. The van der Waals surface area contributed by atoms with Crippen molar-refractivity contribution in [3.05, 3.63) is 157 Å². The molecule has 0 spiro atoms. The van der Waals surface area contributed by atoms with Crippen LogP contribution in [0.4, 0.5) is 0 Å². The molecule has 0 radical (unpaired) electrons. The molecule has 0 amide bonds. The zero-order valence-corrected chi connectivity index (χ0v) is 26.8. The number of furan rings is 1. The van der Waals surface area contributed by atoms with E-state index in [2.05, 4.69) is 0 Å². The lowest BCUT2D eigenvalue weighted by atomic mass is 9.99. The second-order valence-electron chi connectivity index (χ2n) is 11.7. The molecule has 4 aromatic heterocycles. The van der Waals surface area contributed by atoms with E-state index in [1.54, 1.807) is 60.7 Å². The monoisotopic (exact) mass is 685 g/mol. The first kappa shape index (κ1) is 17.3. The Morgan fingerprint density at radius 2 is 1.31 bits per heavy atom. The molecular formula is C45H26N4OS. The zero-order valence-electron chi connectivity index (χ0n) is 41.0. The van der Waals surface area contributed by atoms with Crippen molar-refractivity contribution in [3.63, 3.8) is 0 Å². The number of hydrogen-bond donors (Lipinski definition) is 0. The van der Waals surface area contributed by atoms with Gasteiger partial charge in [0.1, 0.15) is 11.2 Å². The van der Waals surface area contributed by atoms with E-state index >= 15 is 0 Å². The highest BCUT2D eigenvalue weighted by Gasteiger charge is 2.22. The van der Waals surface area contributed by atoms with Crippen molar-refractivity contribution >= 4 is 75.3 Å². The molecule has 0 N–H and O–H groups in total. The highest BCUT2D eigenvalue weighted by molar-refractivity contribution is 7.26. The van der Waals surface area contributed by atoms with Gasteiger partial charge in [-0.3, -0.25) is 4.57 Å². The molecular weight excluding hydrogens is 645 g/mol. The van der Waals surface area contributed by atoms with Crippen LogP contribution < -0.4 is 0 Å². The smallest absolute Gasteiger partial charge is 0.238 e. The number of benzene rings is 7. The lowest BCUT2D eigenvalue weighted by Gasteiger charge is -2.11. The van der Waals surface area contributed by atoms with Crippen LogP contribution >= 0.6 is 11.3 Å². The van der Waals surface area contributed by atoms with Crippen LogP contribution in [0.1, 0.15) is 20.6 Å². The number of rotatable bonds is 4. The molecule has 4 heterocycles. The number of fused-ring (bicyclic) bond motifs is 10. The summed E-state index contributed by atoms with van der Waals surface area (Å²) >= 11 is 0.941. The summed E-state index contributed by atoms with van der Waals surface area (Å²) in [5.74, 6) is 0.0840. The molecule has 11 aromatic rings. The first-order chi connectivity index (χ1) is 31.5. The van der Waals surface area contributed by atoms with Crippen LogP contribution in [0.2, 0.25) is 0 Å². The third kappa shape index (κ3) is 4.30. The van der Waals surface area contributed by atoms with Crippen LogP contribution in [-0.4, -0.2) is 19.5 Å². The maximum atomic E-state index is 9.40. The molecule has 5 nitrogen and oxygen atoms in total. The SMILES string of the molecule is [2H]c1c([2H])c([2H])c(-c2cccc3oc4cc(-c5nc(-c6ccccc6)nc(-n6c7c([2H])c([2H])c([2H])c([2H])c7c7c([2H])c([2H])c8c(sc9c([2H])c([2H])c([2H])c([2H])c98)c76)n5)ccc4c23)c([2H])c1[2H]. The molecule has 0 bridgehead atoms. The molecule has 0 saturated carbocycles. The van der Waals surface area contributed by atoms with Crippen LogP contribution in [0.15, 0.2) is 162 Å². The first-order valence-electron chi connectivity index (χ1n) is 23.2. The van der Waals surface area contributed by atoms with Crippen molar-refractivity contribution in [2.24, 2.45) is 0 Å². The van der Waals surface area contributed by atoms with Crippen molar-refractivity contribution in [3.8, 4) is 39.9 Å². The fraction of sp³-hybridized carbons (Fsp3) is 0. The largest absolute Gasteiger partial charge is 0.456 e. The lowest BCUT2D eigenvalue weighted by Crippen LogP contribution is -2.06. The van der Waals surface area contributed by atoms with E-state index in [1.807, 2.05) is 6.07 Å². The van der Waals surface area contributed by atoms with Gasteiger partial charge in [0.15, 0.2) is 11.6 Å². The van der Waals surface area contributed by atoms with Crippen molar-refractivity contribution in [2.45, 2.75) is 0 Å². The maximum Gasteiger partial charge on any atom is 0.238 e. The molecule has 0 fully saturated rings. The minimum Gasteiger partial charge on any atom is -0.456 e. The zero-order chi connectivity index (χ0) is 46.5. The van der Waals surface area contributed by atoms with Crippen LogP contribution in [0.3, 0.4) is 0 Å². The number of nitrogens with zero attached hydrogens (tertiary/aromatic N) is 4. The number of para-hydroxylation sites is 1. The third-order valence-corrected chi connectivity index (χ3v) is 9.96. The maximum absolute atomic E-state index is 9.40. The van der Waals surface area contributed by atoms with E-state index in [0.29, 0.717) is 38.6 Å². The summed E-state index contributed by atoms with van der Waals surface area (Å²) in [6, 6.07) is 12.1. The summed E-state index contributed by atoms with van der Waals surface area (Å²) in [5, 5.41) is 1.01. The first-order valence-corrected chi connectivity index (χ1v) is 16.5. The van der Waals surface area contributed by atoms with E-state index in [1.165, 1.54) is 4.57 Å². The Kier molecular flexibility index (Phi) is 3.72. The van der Waals surface area contributed by atoms with Crippen LogP contribution in [-0.2, 0) is 0 Å². The van der Waals surface area contributed by atoms with Crippen molar-refractivity contribution < 1.29 is 25.0 Å². The van der Waals surface area contributed by atoms with E-state index in [9.17, 15) is 4.11 Å². The average molecular weight is 686 g/mol. The van der Waals surface area contributed by atoms with Gasteiger partial charge in [-0.05, 0) is 41.4 Å². The minimum absolute atomic E-state index is 0.0106. The molecule has 51 heavy (non-hydrogen) atoms. The van der Waals surface area contributed by atoms with Gasteiger partial charge in [-0.15, -0.1) is 11.3 Å². The van der Waals surface area contributed by atoms with Crippen LogP contribution in [0, 0.1) is 0 Å². The predicted octanol–water partition coefficient (Wildman–Crippen LogP) is 12.2. The summed E-state index contributed by atoms with van der Waals surface area (Å²) in [4.78, 5) is 14.7. The highest BCUT2D eigenvalue weighted by Crippen LogP contribution is 2.43. The number of hydrogen-bond acceptors (Lipinski definition) is 5. The van der Waals surface area contributed by atoms with Crippen molar-refractivity contribution in [1.29, 1.82) is 0 Å². The third-order valence-electron chi connectivity index (χ3n) is 8.84. The predicted molar refractivity (Wildman–Crippen MR) is 211 cm³/mol. The van der Waals surface area contributed by atoms with Crippen molar-refractivity contribution in [2.75, 3.05) is 0 Å². The van der Waals surface area contributed by atoms with Gasteiger partial charge >= 0.3 is 0 Å². The van der Waals surface area contributed by atoms with E-state index in [-0.39, 0.29) is 83.3 Å². The summed E-state index contributed by atoms with van der Waals surface area (Å²) in [6.07, 6.45) is 0. The van der Waals surface area contributed by atoms with Gasteiger partial charge in [0.05, 0.1) is 36.3 Å². The van der Waals surface area contributed by atoms with Gasteiger partial charge in [-0.1, -0.05) is 127 Å². The van der Waals surface area contributed by atoms with E-state index < -0.39 is 72.5 Å². The van der Waals surface area contributed by atoms with Gasteiger partial charge in [-0.2, -0.15) is 9.97 Å². The van der Waals surface area contributed by atoms with Gasteiger partial charge in [0.2, 0.25) is 5.95 Å². The summed E-state index contributed by atoms with van der Waals surface area (Å²) in [6.45, 7) is 0. The van der Waals surface area contributed by atoms with Crippen molar-refractivity contribution in [1.82, 2.24) is 19.5 Å². The Morgan fingerprint density at radius 1 is 0.549 bits per heavy atom. The Labute approximate surface area is 316 Å². The molecule has 7 aromatic carbocycles. The van der Waals surface area contributed by atoms with Gasteiger partial charge < -0.3 is 4.42 Å². The van der Waals surface area contributed by atoms with Crippen LogP contribution in [0.25, 0.3) is 104 Å². The molecule has 0 unspecified atom stereocenters. The fourth-order valence-corrected chi connectivity index (χ4v) is 7.74. The highest BCUT2D eigenvalue weighted by atomic mass is 32.1. The number of aromatic nitrogens is 4. The second kappa shape index (κ2) is 10.9. The van der Waals surface area contributed by atoms with E-state index in [0.717, 1.165) is 11.3 Å². The molecule has 0 aliphatic heterocycles. The molecule has 0 aliphatic rings. The Bertz CT molecular complexity index is 3990. The fourth-order valence-electron chi connectivity index (χ4n) is 6.63. The molecule has 238 valence electrons. The minimum atomic E-state index is -0.586. The lowest BCUT2D eigenvalue weighted by molar-refractivity contribution is 0.669.